The standard InChI is InChI=1S/C15H13ClN4O3/c1-23-11-3-2-6-20-14(11)19-13(10(8-21)15(20)22)18-9-4-5-17-12(16)7-9/h2-7,21H,8H2,1H3,(H,17,18). The van der Waals surface area contributed by atoms with Crippen molar-refractivity contribution < 1.29 is 9.84 Å². The third-order valence-electron chi connectivity index (χ3n) is 3.28. The van der Waals surface area contributed by atoms with Gasteiger partial charge in [-0.2, -0.15) is 0 Å². The normalized spacial score (nSPS) is 10.7. The molecule has 0 amide bonds. The first-order valence-electron chi connectivity index (χ1n) is 6.71. The van der Waals surface area contributed by atoms with Gasteiger partial charge in [0.2, 0.25) is 0 Å². The molecule has 0 fully saturated rings. The highest BCUT2D eigenvalue weighted by molar-refractivity contribution is 6.29. The fourth-order valence-corrected chi connectivity index (χ4v) is 2.37. The Kier molecular flexibility index (Phi) is 4.14. The van der Waals surface area contributed by atoms with E-state index in [-0.39, 0.29) is 16.9 Å². The molecule has 0 aliphatic heterocycles. The van der Waals surface area contributed by atoms with E-state index in [0.29, 0.717) is 22.2 Å². The molecule has 0 radical (unpaired) electrons. The zero-order valence-electron chi connectivity index (χ0n) is 12.2. The summed E-state index contributed by atoms with van der Waals surface area (Å²) in [7, 11) is 1.50. The molecule has 0 aliphatic carbocycles. The van der Waals surface area contributed by atoms with E-state index in [1.807, 2.05) is 0 Å². The molecule has 118 valence electrons. The summed E-state index contributed by atoms with van der Waals surface area (Å²) < 4.78 is 6.57. The van der Waals surface area contributed by atoms with Crippen molar-refractivity contribution in [1.82, 2.24) is 14.4 Å². The summed E-state index contributed by atoms with van der Waals surface area (Å²) >= 11 is 5.85. The highest BCUT2D eigenvalue weighted by Gasteiger charge is 2.14. The van der Waals surface area contributed by atoms with E-state index < -0.39 is 6.61 Å². The van der Waals surface area contributed by atoms with Crippen LogP contribution in [0.1, 0.15) is 5.56 Å². The van der Waals surface area contributed by atoms with Crippen molar-refractivity contribution in [3.63, 3.8) is 0 Å². The summed E-state index contributed by atoms with van der Waals surface area (Å²) in [6.45, 7) is -0.451. The molecule has 23 heavy (non-hydrogen) atoms. The summed E-state index contributed by atoms with van der Waals surface area (Å²) in [4.78, 5) is 20.8. The first-order valence-corrected chi connectivity index (χ1v) is 7.09. The maximum atomic E-state index is 12.5. The predicted octanol–water partition coefficient (Wildman–Crippen LogP) is 1.99. The number of aliphatic hydroxyl groups excluding tert-OH is 1. The zero-order chi connectivity index (χ0) is 16.4. The molecule has 0 unspecified atom stereocenters. The Balaban J connectivity index is 2.21. The highest BCUT2D eigenvalue weighted by atomic mass is 35.5. The molecular formula is C15H13ClN4O3. The second-order valence-electron chi connectivity index (χ2n) is 4.66. The average molecular weight is 333 g/mol. The van der Waals surface area contributed by atoms with Gasteiger partial charge in [-0.05, 0) is 24.3 Å². The number of aliphatic hydroxyl groups is 1. The van der Waals surface area contributed by atoms with E-state index in [9.17, 15) is 9.90 Å². The van der Waals surface area contributed by atoms with Crippen molar-refractivity contribution in [2.45, 2.75) is 6.61 Å². The molecule has 0 bridgehead atoms. The lowest BCUT2D eigenvalue weighted by Crippen LogP contribution is -2.22. The molecule has 0 saturated heterocycles. The van der Waals surface area contributed by atoms with Gasteiger partial charge < -0.3 is 15.2 Å². The number of hydrogen-bond acceptors (Lipinski definition) is 6. The van der Waals surface area contributed by atoms with Crippen molar-refractivity contribution >= 4 is 28.8 Å². The number of aromatic nitrogens is 3. The van der Waals surface area contributed by atoms with E-state index >= 15 is 0 Å². The van der Waals surface area contributed by atoms with Crippen LogP contribution < -0.4 is 15.6 Å². The summed E-state index contributed by atoms with van der Waals surface area (Å²) in [5, 5.41) is 12.8. The Morgan fingerprint density at radius 1 is 1.43 bits per heavy atom. The quantitative estimate of drug-likeness (QED) is 0.710. The number of hydrogen-bond donors (Lipinski definition) is 2. The minimum absolute atomic E-state index is 0.142. The first kappa shape index (κ1) is 15.3. The summed E-state index contributed by atoms with van der Waals surface area (Å²) in [6.07, 6.45) is 3.09. The van der Waals surface area contributed by atoms with Crippen molar-refractivity contribution in [3.05, 3.63) is 57.7 Å². The van der Waals surface area contributed by atoms with Crippen LogP contribution in [0.5, 0.6) is 5.75 Å². The Labute approximate surface area is 136 Å². The number of nitrogens with one attached hydrogen (secondary N) is 1. The number of fused-ring (bicyclic) bond motifs is 1. The summed E-state index contributed by atoms with van der Waals surface area (Å²) in [5.41, 5.74) is 0.716. The largest absolute Gasteiger partial charge is 0.493 e. The van der Waals surface area contributed by atoms with Crippen LogP contribution in [0.2, 0.25) is 5.15 Å². The molecule has 3 aromatic rings. The maximum Gasteiger partial charge on any atom is 0.265 e. The van der Waals surface area contributed by atoms with Gasteiger partial charge >= 0.3 is 0 Å². The van der Waals surface area contributed by atoms with Crippen LogP contribution in [0.15, 0.2) is 41.5 Å². The molecule has 0 atom stereocenters. The van der Waals surface area contributed by atoms with E-state index in [2.05, 4.69) is 15.3 Å². The molecule has 2 N–H and O–H groups in total. The topological polar surface area (TPSA) is 88.8 Å². The predicted molar refractivity (Wildman–Crippen MR) is 86.5 cm³/mol. The lowest BCUT2D eigenvalue weighted by Gasteiger charge is -2.13. The second kappa shape index (κ2) is 6.23. The molecule has 0 aliphatic rings. The molecule has 7 nitrogen and oxygen atoms in total. The lowest BCUT2D eigenvalue weighted by molar-refractivity contribution is 0.280. The molecule has 3 aromatic heterocycles. The minimum atomic E-state index is -0.451. The van der Waals surface area contributed by atoms with Crippen LogP contribution in [0, 0.1) is 0 Å². The van der Waals surface area contributed by atoms with Gasteiger partial charge in [0.05, 0.1) is 19.3 Å². The zero-order valence-corrected chi connectivity index (χ0v) is 12.9. The van der Waals surface area contributed by atoms with E-state index in [1.54, 1.807) is 30.5 Å². The number of halogens is 1. The van der Waals surface area contributed by atoms with Crippen LogP contribution in [-0.4, -0.2) is 26.6 Å². The third-order valence-corrected chi connectivity index (χ3v) is 3.49. The van der Waals surface area contributed by atoms with Crippen molar-refractivity contribution in [1.29, 1.82) is 0 Å². The van der Waals surface area contributed by atoms with Crippen LogP contribution in [0.4, 0.5) is 11.5 Å². The lowest BCUT2D eigenvalue weighted by atomic mass is 10.3. The highest BCUT2D eigenvalue weighted by Crippen LogP contribution is 2.22. The number of pyridine rings is 2. The maximum absolute atomic E-state index is 12.5. The van der Waals surface area contributed by atoms with Gasteiger partial charge in [-0.25, -0.2) is 9.97 Å². The molecule has 0 saturated carbocycles. The number of methoxy groups -OCH3 is 1. The summed E-state index contributed by atoms with van der Waals surface area (Å²) in [6, 6.07) is 6.65. The van der Waals surface area contributed by atoms with E-state index in [1.165, 1.54) is 17.7 Å². The van der Waals surface area contributed by atoms with Crippen molar-refractivity contribution in [3.8, 4) is 5.75 Å². The number of anilines is 2. The van der Waals surface area contributed by atoms with Gasteiger partial charge in [0.15, 0.2) is 11.4 Å². The molecule has 8 heteroatoms. The van der Waals surface area contributed by atoms with E-state index in [4.69, 9.17) is 16.3 Å². The van der Waals surface area contributed by atoms with Gasteiger partial charge in [-0.1, -0.05) is 11.6 Å². The smallest absolute Gasteiger partial charge is 0.265 e. The molecular weight excluding hydrogens is 320 g/mol. The number of rotatable bonds is 4. The summed E-state index contributed by atoms with van der Waals surface area (Å²) in [5.74, 6) is 0.689. The van der Waals surface area contributed by atoms with Crippen molar-refractivity contribution in [2.75, 3.05) is 12.4 Å². The monoisotopic (exact) mass is 332 g/mol. The van der Waals surface area contributed by atoms with Crippen LogP contribution in [0.25, 0.3) is 5.65 Å². The second-order valence-corrected chi connectivity index (χ2v) is 5.05. The molecule has 3 rings (SSSR count). The Morgan fingerprint density at radius 2 is 2.26 bits per heavy atom. The fourth-order valence-electron chi connectivity index (χ4n) is 2.20. The Bertz CT molecular complexity index is 926. The average Bonchev–Trinajstić information content (AvgIpc) is 2.55. The minimum Gasteiger partial charge on any atom is -0.493 e. The fraction of sp³-hybridized carbons (Fsp3) is 0.133. The van der Waals surface area contributed by atoms with Gasteiger partial charge in [0, 0.05) is 18.1 Å². The van der Waals surface area contributed by atoms with Crippen molar-refractivity contribution in [2.24, 2.45) is 0 Å². The van der Waals surface area contributed by atoms with Gasteiger partial charge in [-0.15, -0.1) is 0 Å². The van der Waals surface area contributed by atoms with Gasteiger partial charge in [-0.3, -0.25) is 9.20 Å². The van der Waals surface area contributed by atoms with E-state index in [0.717, 1.165) is 0 Å². The SMILES string of the molecule is COc1cccn2c(=O)c(CO)c(Nc3ccnc(Cl)c3)nc12. The third kappa shape index (κ3) is 2.84. The number of ether oxygens (including phenoxy) is 1. The Hall–Kier alpha value is -2.64. The van der Waals surface area contributed by atoms with Gasteiger partial charge in [0.1, 0.15) is 11.0 Å². The molecule has 0 spiro atoms. The van der Waals surface area contributed by atoms with Gasteiger partial charge in [0.25, 0.3) is 5.56 Å². The number of nitrogens with zero attached hydrogens (tertiary/aromatic N) is 3. The first-order chi connectivity index (χ1) is 11.1. The van der Waals surface area contributed by atoms with Crippen LogP contribution in [-0.2, 0) is 6.61 Å². The molecule has 0 aromatic carbocycles. The molecule has 3 heterocycles. The van der Waals surface area contributed by atoms with Crippen LogP contribution in [0.3, 0.4) is 0 Å². The van der Waals surface area contributed by atoms with Crippen LogP contribution >= 0.6 is 11.6 Å². The Morgan fingerprint density at radius 3 is 2.96 bits per heavy atom.